The summed E-state index contributed by atoms with van der Waals surface area (Å²) in [4.78, 5) is 0. The van der Waals surface area contributed by atoms with Crippen LogP contribution in [-0.4, -0.2) is 34.1 Å². The van der Waals surface area contributed by atoms with Gasteiger partial charge in [-0.1, -0.05) is 18.2 Å². The molecule has 1 saturated heterocycles. The second kappa shape index (κ2) is 4.80. The van der Waals surface area contributed by atoms with E-state index in [0.717, 1.165) is 12.0 Å². The minimum absolute atomic E-state index is 0.0573. The van der Waals surface area contributed by atoms with Gasteiger partial charge in [-0.25, -0.2) is 0 Å². The summed E-state index contributed by atoms with van der Waals surface area (Å²) in [6, 6.07) is 0. The average Bonchev–Trinajstić information content (AvgIpc) is 2.58. The van der Waals surface area contributed by atoms with Crippen LogP contribution >= 0.6 is 0 Å². The number of aliphatic hydroxyl groups excluding tert-OH is 2. The maximum atomic E-state index is 10.4. The molecule has 2 N–H and O–H groups in total. The topological polar surface area (TPSA) is 49.7 Å². The Labute approximate surface area is 109 Å². The Kier molecular flexibility index (Phi) is 3.67. The molecule has 102 valence electrons. The summed E-state index contributed by atoms with van der Waals surface area (Å²) >= 11 is 0. The van der Waals surface area contributed by atoms with Gasteiger partial charge < -0.3 is 14.9 Å². The van der Waals surface area contributed by atoms with Crippen molar-refractivity contribution in [3.63, 3.8) is 0 Å². The van der Waals surface area contributed by atoms with Crippen LogP contribution in [0.5, 0.6) is 0 Å². The van der Waals surface area contributed by atoms with Crippen molar-refractivity contribution in [3.05, 3.63) is 23.8 Å². The third-order valence-electron chi connectivity index (χ3n) is 4.38. The smallest absolute Gasteiger partial charge is 0.0985 e. The Morgan fingerprint density at radius 1 is 1.56 bits per heavy atom. The molecule has 1 aliphatic carbocycles. The van der Waals surface area contributed by atoms with Crippen molar-refractivity contribution in [2.75, 3.05) is 0 Å². The second-order valence-corrected chi connectivity index (χ2v) is 6.07. The van der Waals surface area contributed by atoms with E-state index in [1.54, 1.807) is 0 Å². The molecule has 2 aliphatic rings. The predicted octanol–water partition coefficient (Wildman–Crippen LogP) is 2.19. The van der Waals surface area contributed by atoms with Crippen molar-refractivity contribution in [3.8, 4) is 0 Å². The highest BCUT2D eigenvalue weighted by atomic mass is 16.5. The number of ether oxygens (including phenoxy) is 1. The number of allylic oxidation sites excluding steroid dienone is 1. The number of hydrogen-bond donors (Lipinski definition) is 2. The summed E-state index contributed by atoms with van der Waals surface area (Å²) in [6.07, 6.45) is 3.13. The third-order valence-corrected chi connectivity index (χ3v) is 4.38. The Morgan fingerprint density at radius 3 is 2.83 bits per heavy atom. The van der Waals surface area contributed by atoms with Gasteiger partial charge in [0.1, 0.15) is 0 Å². The van der Waals surface area contributed by atoms with E-state index < -0.39 is 17.8 Å². The minimum Gasteiger partial charge on any atom is -0.390 e. The van der Waals surface area contributed by atoms with Gasteiger partial charge in [-0.2, -0.15) is 0 Å². The number of rotatable bonds is 3. The first-order chi connectivity index (χ1) is 8.34. The standard InChI is InChI=1S/C15H24O3/c1-9(2)5-6-14(17)15(4)12-7-11(18-15)8-13(16)10(12)3/h5,11-14,16-17H,3,6-8H2,1-2,4H3/t11-,12+,13-,14-,15-/m1/s1. The molecule has 1 aliphatic heterocycles. The lowest BCUT2D eigenvalue weighted by Gasteiger charge is -2.36. The summed E-state index contributed by atoms with van der Waals surface area (Å²) < 4.78 is 6.01. The third kappa shape index (κ3) is 2.27. The molecule has 0 spiro atoms. The predicted molar refractivity (Wildman–Crippen MR) is 71.2 cm³/mol. The Balaban J connectivity index is 2.16. The molecule has 1 saturated carbocycles. The minimum atomic E-state index is -0.606. The first kappa shape index (κ1) is 13.8. The Morgan fingerprint density at radius 2 is 2.22 bits per heavy atom. The van der Waals surface area contributed by atoms with E-state index in [9.17, 15) is 10.2 Å². The van der Waals surface area contributed by atoms with Crippen LogP contribution in [0, 0.1) is 5.92 Å². The molecule has 2 fully saturated rings. The summed E-state index contributed by atoms with van der Waals surface area (Å²) in [5.74, 6) is 0.0619. The normalized spacial score (nSPS) is 40.7. The molecule has 0 radical (unpaired) electrons. The van der Waals surface area contributed by atoms with Crippen molar-refractivity contribution in [1.82, 2.24) is 0 Å². The summed E-state index contributed by atoms with van der Waals surface area (Å²) in [7, 11) is 0. The largest absolute Gasteiger partial charge is 0.390 e. The highest BCUT2D eigenvalue weighted by molar-refractivity contribution is 5.22. The molecule has 0 aromatic rings. The lowest BCUT2D eigenvalue weighted by atomic mass is 9.73. The maximum Gasteiger partial charge on any atom is 0.0985 e. The fourth-order valence-corrected chi connectivity index (χ4v) is 3.17. The van der Waals surface area contributed by atoms with E-state index in [1.807, 2.05) is 26.8 Å². The highest BCUT2D eigenvalue weighted by Crippen LogP contribution is 2.49. The van der Waals surface area contributed by atoms with Crippen LogP contribution in [0.2, 0.25) is 0 Å². The Hall–Kier alpha value is -0.640. The van der Waals surface area contributed by atoms with Crippen LogP contribution in [-0.2, 0) is 4.74 Å². The van der Waals surface area contributed by atoms with Crippen LogP contribution in [0.25, 0.3) is 0 Å². The van der Waals surface area contributed by atoms with Gasteiger partial charge in [-0.3, -0.25) is 0 Å². The first-order valence-corrected chi connectivity index (χ1v) is 6.70. The summed E-state index contributed by atoms with van der Waals surface area (Å²) in [5, 5.41) is 20.3. The molecule has 3 nitrogen and oxygen atoms in total. The van der Waals surface area contributed by atoms with Crippen molar-refractivity contribution >= 4 is 0 Å². The zero-order valence-electron chi connectivity index (χ0n) is 11.5. The van der Waals surface area contributed by atoms with Gasteiger partial charge in [0.25, 0.3) is 0 Å². The van der Waals surface area contributed by atoms with E-state index in [0.29, 0.717) is 12.8 Å². The number of aliphatic hydroxyl groups is 2. The Bertz CT molecular complexity index is 370. The van der Waals surface area contributed by atoms with E-state index in [4.69, 9.17) is 4.74 Å². The van der Waals surface area contributed by atoms with E-state index in [-0.39, 0.29) is 12.0 Å². The SMILES string of the molecule is C=C1[C@H](O)C[C@H]2C[C@@H]1[C@](C)([C@H](O)CC=C(C)C)O2. The molecule has 2 rings (SSSR count). The van der Waals surface area contributed by atoms with E-state index >= 15 is 0 Å². The van der Waals surface area contributed by atoms with Crippen LogP contribution < -0.4 is 0 Å². The van der Waals surface area contributed by atoms with Gasteiger partial charge in [0.05, 0.1) is 23.9 Å². The van der Waals surface area contributed by atoms with Gasteiger partial charge in [0.2, 0.25) is 0 Å². The molecular weight excluding hydrogens is 228 g/mol. The van der Waals surface area contributed by atoms with Gasteiger partial charge in [0, 0.05) is 12.3 Å². The highest BCUT2D eigenvalue weighted by Gasteiger charge is 2.54. The fourth-order valence-electron chi connectivity index (χ4n) is 3.17. The van der Waals surface area contributed by atoms with Gasteiger partial charge in [-0.15, -0.1) is 0 Å². The lowest BCUT2D eigenvalue weighted by molar-refractivity contribution is -0.112. The second-order valence-electron chi connectivity index (χ2n) is 6.07. The average molecular weight is 252 g/mol. The van der Waals surface area contributed by atoms with E-state index in [1.165, 1.54) is 5.57 Å². The van der Waals surface area contributed by atoms with Gasteiger partial charge in [-0.05, 0) is 39.2 Å². The molecule has 0 amide bonds. The molecule has 0 aromatic carbocycles. The molecule has 0 aromatic heterocycles. The molecule has 5 atom stereocenters. The maximum absolute atomic E-state index is 10.4. The molecule has 3 heteroatoms. The molecular formula is C15H24O3. The lowest BCUT2D eigenvalue weighted by Crippen LogP contribution is -2.45. The zero-order chi connectivity index (χ0) is 13.5. The van der Waals surface area contributed by atoms with Crippen LogP contribution in [0.1, 0.15) is 40.0 Å². The van der Waals surface area contributed by atoms with Crippen LogP contribution in [0.4, 0.5) is 0 Å². The molecule has 1 heterocycles. The van der Waals surface area contributed by atoms with Crippen molar-refractivity contribution in [1.29, 1.82) is 0 Å². The van der Waals surface area contributed by atoms with Crippen LogP contribution in [0.15, 0.2) is 23.8 Å². The summed E-state index contributed by atoms with van der Waals surface area (Å²) in [5.41, 5.74) is 1.41. The zero-order valence-corrected chi connectivity index (χ0v) is 11.5. The fraction of sp³-hybridized carbons (Fsp3) is 0.733. The number of hydrogen-bond acceptors (Lipinski definition) is 3. The van der Waals surface area contributed by atoms with Crippen LogP contribution in [0.3, 0.4) is 0 Å². The molecule has 18 heavy (non-hydrogen) atoms. The summed E-state index contributed by atoms with van der Waals surface area (Å²) in [6.45, 7) is 9.98. The van der Waals surface area contributed by atoms with Crippen molar-refractivity contribution in [2.24, 2.45) is 5.92 Å². The van der Waals surface area contributed by atoms with Gasteiger partial charge >= 0.3 is 0 Å². The van der Waals surface area contributed by atoms with Gasteiger partial charge in [0.15, 0.2) is 0 Å². The molecule has 2 bridgehead atoms. The van der Waals surface area contributed by atoms with Crippen molar-refractivity contribution in [2.45, 2.75) is 63.9 Å². The quantitative estimate of drug-likeness (QED) is 0.757. The monoisotopic (exact) mass is 252 g/mol. The van der Waals surface area contributed by atoms with Crippen molar-refractivity contribution < 1.29 is 14.9 Å². The first-order valence-electron chi connectivity index (χ1n) is 6.70. The number of fused-ring (bicyclic) bond motifs is 2. The molecule has 0 unspecified atom stereocenters. The van der Waals surface area contributed by atoms with E-state index in [2.05, 4.69) is 6.58 Å².